The summed E-state index contributed by atoms with van der Waals surface area (Å²) in [5.74, 6) is 0.522. The summed E-state index contributed by atoms with van der Waals surface area (Å²) in [4.78, 5) is 0. The first-order valence-electron chi connectivity index (χ1n) is 8.62. The van der Waals surface area contributed by atoms with Gasteiger partial charge in [0.1, 0.15) is 11.6 Å². The Labute approximate surface area is 140 Å². The van der Waals surface area contributed by atoms with E-state index in [2.05, 4.69) is 38.2 Å². The molecule has 0 fully saturated rings. The lowest BCUT2D eigenvalue weighted by molar-refractivity contribution is 0.207. The number of unbranched alkanes of at least 4 members (excludes halogenated alkanes) is 1. The summed E-state index contributed by atoms with van der Waals surface area (Å²) < 4.78 is 19.5. The Morgan fingerprint density at radius 1 is 1.30 bits per heavy atom. The van der Waals surface area contributed by atoms with Crippen LogP contribution in [0.2, 0.25) is 0 Å². The summed E-state index contributed by atoms with van der Waals surface area (Å²) >= 11 is 0. The zero-order valence-electron chi connectivity index (χ0n) is 14.9. The van der Waals surface area contributed by atoms with E-state index in [0.717, 1.165) is 42.7 Å². The van der Waals surface area contributed by atoms with Crippen LogP contribution in [0.15, 0.2) is 42.1 Å². The molecule has 0 aliphatic heterocycles. The lowest BCUT2D eigenvalue weighted by Gasteiger charge is -2.18. The lowest BCUT2D eigenvalue weighted by Crippen LogP contribution is -2.16. The quantitative estimate of drug-likeness (QED) is 0.555. The number of hydrogen-bond acceptors (Lipinski definition) is 2. The molecule has 2 nitrogen and oxygen atoms in total. The third-order valence-electron chi connectivity index (χ3n) is 3.59. The molecule has 0 aliphatic rings. The van der Waals surface area contributed by atoms with Gasteiger partial charge in [0, 0.05) is 17.8 Å². The van der Waals surface area contributed by atoms with Crippen molar-refractivity contribution in [2.45, 2.75) is 66.0 Å². The molecule has 23 heavy (non-hydrogen) atoms. The molecule has 1 aromatic carbocycles. The van der Waals surface area contributed by atoms with Gasteiger partial charge in [0.2, 0.25) is 0 Å². The number of halogens is 1. The number of allylic oxidation sites excluding steroid dienone is 3. The van der Waals surface area contributed by atoms with Crippen LogP contribution < -0.4 is 10.1 Å². The molecule has 0 heterocycles. The van der Waals surface area contributed by atoms with Crippen LogP contribution in [0, 0.1) is 5.82 Å². The number of ether oxygens (including phenoxy) is 1. The Balaban J connectivity index is 2.76. The standard InChI is InChI=1S/C20H30FNO/c1-5-8-9-11-19(7-3)22-15-17-14-18(21)12-13-20(17)23-16(4)10-6-2/h7,9,11-14,16,22H,5-6,8,10,15H2,1-4H3/b11-9-,19-7+. The van der Waals surface area contributed by atoms with Crippen molar-refractivity contribution >= 4 is 0 Å². The monoisotopic (exact) mass is 319 g/mol. The van der Waals surface area contributed by atoms with E-state index < -0.39 is 0 Å². The predicted octanol–water partition coefficient (Wildman–Crippen LogP) is 5.74. The van der Waals surface area contributed by atoms with Crippen molar-refractivity contribution in [1.82, 2.24) is 5.32 Å². The molecule has 128 valence electrons. The summed E-state index contributed by atoms with van der Waals surface area (Å²) in [6, 6.07) is 4.72. The predicted molar refractivity (Wildman–Crippen MR) is 96.0 cm³/mol. The summed E-state index contributed by atoms with van der Waals surface area (Å²) in [6.07, 6.45) is 10.6. The molecule has 0 saturated heterocycles. The summed E-state index contributed by atoms with van der Waals surface area (Å²) in [7, 11) is 0. The Morgan fingerprint density at radius 3 is 2.74 bits per heavy atom. The van der Waals surface area contributed by atoms with Gasteiger partial charge in [0.05, 0.1) is 6.10 Å². The van der Waals surface area contributed by atoms with Gasteiger partial charge in [-0.05, 0) is 51.0 Å². The third kappa shape index (κ3) is 7.36. The molecule has 0 amide bonds. The number of hydrogen-bond donors (Lipinski definition) is 1. The Bertz CT molecular complexity index is 522. The van der Waals surface area contributed by atoms with Gasteiger partial charge in [-0.3, -0.25) is 0 Å². The maximum absolute atomic E-state index is 13.6. The normalized spacial score (nSPS) is 13.3. The molecule has 1 atom stereocenters. The summed E-state index contributed by atoms with van der Waals surface area (Å²) in [6.45, 7) is 8.87. The van der Waals surface area contributed by atoms with Crippen LogP contribution in [-0.2, 0) is 6.54 Å². The maximum Gasteiger partial charge on any atom is 0.124 e. The first-order chi connectivity index (χ1) is 11.1. The molecule has 0 bridgehead atoms. The van der Waals surface area contributed by atoms with Crippen molar-refractivity contribution in [2.24, 2.45) is 0 Å². The Morgan fingerprint density at radius 2 is 2.09 bits per heavy atom. The molecule has 0 aliphatic carbocycles. The minimum absolute atomic E-state index is 0.134. The summed E-state index contributed by atoms with van der Waals surface area (Å²) in [5, 5.41) is 3.35. The highest BCUT2D eigenvalue weighted by Gasteiger charge is 2.09. The number of benzene rings is 1. The van der Waals surface area contributed by atoms with Crippen LogP contribution in [0.3, 0.4) is 0 Å². The first-order valence-corrected chi connectivity index (χ1v) is 8.62. The van der Waals surface area contributed by atoms with Gasteiger partial charge in [-0.25, -0.2) is 4.39 Å². The molecule has 0 saturated carbocycles. The lowest BCUT2D eigenvalue weighted by atomic mass is 10.1. The first kappa shape index (κ1) is 19.3. The van der Waals surface area contributed by atoms with Gasteiger partial charge in [-0.2, -0.15) is 0 Å². The fraction of sp³-hybridized carbons (Fsp3) is 0.500. The van der Waals surface area contributed by atoms with Crippen molar-refractivity contribution in [3.63, 3.8) is 0 Å². The van der Waals surface area contributed by atoms with Gasteiger partial charge in [0.15, 0.2) is 0 Å². The second-order valence-electron chi connectivity index (χ2n) is 5.76. The van der Waals surface area contributed by atoms with Crippen LogP contribution in [0.25, 0.3) is 0 Å². The van der Waals surface area contributed by atoms with E-state index in [1.165, 1.54) is 6.07 Å². The van der Waals surface area contributed by atoms with Gasteiger partial charge < -0.3 is 10.1 Å². The topological polar surface area (TPSA) is 21.3 Å². The molecule has 0 spiro atoms. The second-order valence-corrected chi connectivity index (χ2v) is 5.76. The number of nitrogens with one attached hydrogen (secondary N) is 1. The summed E-state index contributed by atoms with van der Waals surface area (Å²) in [5.41, 5.74) is 1.88. The fourth-order valence-electron chi connectivity index (χ4n) is 2.31. The van der Waals surface area contributed by atoms with Crippen LogP contribution in [0.1, 0.15) is 58.9 Å². The van der Waals surface area contributed by atoms with Gasteiger partial charge in [0.25, 0.3) is 0 Å². The van der Waals surface area contributed by atoms with Gasteiger partial charge >= 0.3 is 0 Å². The second kappa shape index (κ2) is 10.9. The molecule has 0 aromatic heterocycles. The maximum atomic E-state index is 13.6. The third-order valence-corrected chi connectivity index (χ3v) is 3.59. The fourth-order valence-corrected chi connectivity index (χ4v) is 2.31. The van der Waals surface area contributed by atoms with E-state index >= 15 is 0 Å². The van der Waals surface area contributed by atoms with E-state index in [1.807, 2.05) is 13.0 Å². The van der Waals surface area contributed by atoms with Crippen LogP contribution in [0.5, 0.6) is 5.75 Å². The molecule has 1 N–H and O–H groups in total. The van der Waals surface area contributed by atoms with E-state index in [0.29, 0.717) is 6.54 Å². The van der Waals surface area contributed by atoms with E-state index in [1.54, 1.807) is 12.1 Å². The zero-order chi connectivity index (χ0) is 17.1. The van der Waals surface area contributed by atoms with Crippen molar-refractivity contribution in [2.75, 3.05) is 0 Å². The average Bonchev–Trinajstić information content (AvgIpc) is 2.53. The minimum Gasteiger partial charge on any atom is -0.490 e. The highest BCUT2D eigenvalue weighted by Crippen LogP contribution is 2.22. The van der Waals surface area contributed by atoms with Crippen LogP contribution >= 0.6 is 0 Å². The van der Waals surface area contributed by atoms with Crippen LogP contribution in [0.4, 0.5) is 4.39 Å². The van der Waals surface area contributed by atoms with Crippen LogP contribution in [-0.4, -0.2) is 6.10 Å². The molecular formula is C20H30FNO. The molecule has 1 aromatic rings. The van der Waals surface area contributed by atoms with Gasteiger partial charge in [-0.1, -0.05) is 38.8 Å². The van der Waals surface area contributed by atoms with Gasteiger partial charge in [-0.15, -0.1) is 0 Å². The molecule has 0 radical (unpaired) electrons. The molecule has 3 heteroatoms. The molecule has 1 rings (SSSR count). The zero-order valence-corrected chi connectivity index (χ0v) is 14.9. The Hall–Kier alpha value is -1.77. The van der Waals surface area contributed by atoms with Crippen molar-refractivity contribution in [3.8, 4) is 5.75 Å². The van der Waals surface area contributed by atoms with E-state index in [4.69, 9.17) is 4.74 Å². The largest absolute Gasteiger partial charge is 0.490 e. The van der Waals surface area contributed by atoms with Crippen molar-refractivity contribution in [1.29, 1.82) is 0 Å². The number of rotatable bonds is 10. The Kier molecular flexibility index (Phi) is 9.11. The SMILES string of the molecule is C/C=C(\C=C/CCC)NCc1cc(F)ccc1OC(C)CCC. The van der Waals surface area contributed by atoms with Crippen molar-refractivity contribution < 1.29 is 9.13 Å². The van der Waals surface area contributed by atoms with Crippen molar-refractivity contribution in [3.05, 3.63) is 53.5 Å². The molecule has 1 unspecified atom stereocenters. The highest BCUT2D eigenvalue weighted by atomic mass is 19.1. The van der Waals surface area contributed by atoms with E-state index in [9.17, 15) is 4.39 Å². The molecular weight excluding hydrogens is 289 g/mol. The van der Waals surface area contributed by atoms with E-state index in [-0.39, 0.29) is 11.9 Å². The minimum atomic E-state index is -0.235. The highest BCUT2D eigenvalue weighted by molar-refractivity contribution is 5.35. The average molecular weight is 319 g/mol. The smallest absolute Gasteiger partial charge is 0.124 e.